The first-order chi connectivity index (χ1) is 9.72. The van der Waals surface area contributed by atoms with Crippen molar-refractivity contribution in [3.05, 3.63) is 28.5 Å². The summed E-state index contributed by atoms with van der Waals surface area (Å²) in [5.41, 5.74) is 0.523. The predicted octanol–water partition coefficient (Wildman–Crippen LogP) is 2.70. The summed E-state index contributed by atoms with van der Waals surface area (Å²) in [7, 11) is 0. The van der Waals surface area contributed by atoms with Crippen molar-refractivity contribution in [3.8, 4) is 0 Å². The van der Waals surface area contributed by atoms with Crippen molar-refractivity contribution in [1.82, 2.24) is 15.2 Å². The molecule has 1 aliphatic heterocycles. The molecule has 4 nitrogen and oxygen atoms in total. The summed E-state index contributed by atoms with van der Waals surface area (Å²) in [6.07, 6.45) is 4.95. The molecular weight excluding hydrogens is 318 g/mol. The molecule has 2 heterocycles. The van der Waals surface area contributed by atoms with Gasteiger partial charge in [0, 0.05) is 23.8 Å². The van der Waals surface area contributed by atoms with E-state index in [-0.39, 0.29) is 5.91 Å². The van der Waals surface area contributed by atoms with Crippen LogP contribution in [0.15, 0.2) is 22.8 Å². The Labute approximate surface area is 129 Å². The molecule has 0 bridgehead atoms. The molecule has 1 aromatic rings. The molecule has 1 saturated heterocycles. The maximum absolute atomic E-state index is 12.6. The van der Waals surface area contributed by atoms with E-state index < -0.39 is 0 Å². The van der Waals surface area contributed by atoms with Crippen molar-refractivity contribution in [2.24, 2.45) is 5.92 Å². The highest BCUT2D eigenvalue weighted by Crippen LogP contribution is 2.19. The second kappa shape index (κ2) is 7.74. The quantitative estimate of drug-likeness (QED) is 0.896. The van der Waals surface area contributed by atoms with Crippen LogP contribution in [0.3, 0.4) is 0 Å². The van der Waals surface area contributed by atoms with Gasteiger partial charge in [0.05, 0.1) is 0 Å². The number of nitrogens with one attached hydrogen (secondary N) is 1. The van der Waals surface area contributed by atoms with Gasteiger partial charge >= 0.3 is 0 Å². The average Bonchev–Trinajstić information content (AvgIpc) is 2.48. The molecule has 1 fully saturated rings. The summed E-state index contributed by atoms with van der Waals surface area (Å²) >= 11 is 3.42. The van der Waals surface area contributed by atoms with Crippen molar-refractivity contribution >= 4 is 21.8 Å². The third-order valence-electron chi connectivity index (χ3n) is 3.68. The number of aromatic nitrogens is 1. The first kappa shape index (κ1) is 15.4. The summed E-state index contributed by atoms with van der Waals surface area (Å²) in [6, 6.07) is 3.70. The van der Waals surface area contributed by atoms with Gasteiger partial charge in [-0.3, -0.25) is 4.79 Å². The van der Waals surface area contributed by atoms with E-state index >= 15 is 0 Å². The summed E-state index contributed by atoms with van der Waals surface area (Å²) in [6.45, 7) is 5.87. The van der Waals surface area contributed by atoms with Crippen LogP contribution < -0.4 is 5.32 Å². The zero-order valence-electron chi connectivity index (χ0n) is 11.9. The Balaban J connectivity index is 2.07. The number of nitrogens with zero attached hydrogens (tertiary/aromatic N) is 2. The lowest BCUT2D eigenvalue weighted by atomic mass is 9.97. The lowest BCUT2D eigenvalue weighted by Crippen LogP contribution is -2.40. The number of rotatable bonds is 5. The number of carbonyl (C=O) groups is 1. The highest BCUT2D eigenvalue weighted by atomic mass is 79.9. The Hall–Kier alpha value is -0.940. The molecule has 20 heavy (non-hydrogen) atoms. The molecule has 1 amide bonds. The average molecular weight is 340 g/mol. The Kier molecular flexibility index (Phi) is 5.98. The molecule has 0 unspecified atom stereocenters. The van der Waals surface area contributed by atoms with Gasteiger partial charge < -0.3 is 10.2 Å². The van der Waals surface area contributed by atoms with Gasteiger partial charge in [-0.2, -0.15) is 0 Å². The molecule has 0 atom stereocenters. The van der Waals surface area contributed by atoms with E-state index in [2.05, 4.69) is 33.2 Å². The molecule has 1 N–H and O–H groups in total. The number of amides is 1. The first-order valence-corrected chi connectivity index (χ1v) is 8.12. The van der Waals surface area contributed by atoms with Crippen molar-refractivity contribution in [2.45, 2.75) is 26.2 Å². The summed E-state index contributed by atoms with van der Waals surface area (Å²) in [5.74, 6) is 0.645. The fourth-order valence-corrected chi connectivity index (χ4v) is 3.04. The highest BCUT2D eigenvalue weighted by molar-refractivity contribution is 9.10. The number of hydrogen-bond donors (Lipinski definition) is 1. The third-order valence-corrected chi connectivity index (χ3v) is 4.32. The minimum Gasteiger partial charge on any atom is -0.337 e. The van der Waals surface area contributed by atoms with Crippen LogP contribution in [0, 0.1) is 5.92 Å². The maximum Gasteiger partial charge on any atom is 0.273 e. The van der Waals surface area contributed by atoms with Crippen molar-refractivity contribution in [3.63, 3.8) is 0 Å². The number of carbonyl (C=O) groups excluding carboxylic acids is 1. The lowest BCUT2D eigenvalue weighted by molar-refractivity contribution is 0.0709. The predicted molar refractivity (Wildman–Crippen MR) is 83.7 cm³/mol. The van der Waals surface area contributed by atoms with E-state index in [1.165, 1.54) is 0 Å². The topological polar surface area (TPSA) is 45.2 Å². The van der Waals surface area contributed by atoms with E-state index in [0.717, 1.165) is 49.9 Å². The van der Waals surface area contributed by atoms with E-state index in [1.807, 2.05) is 17.0 Å². The van der Waals surface area contributed by atoms with Crippen molar-refractivity contribution in [2.75, 3.05) is 26.2 Å². The van der Waals surface area contributed by atoms with Crippen molar-refractivity contribution < 1.29 is 4.79 Å². The monoisotopic (exact) mass is 339 g/mol. The SMILES string of the molecule is CCCN(CC1CCNCC1)C(=O)c1ncccc1Br. The minimum absolute atomic E-state index is 0.0397. The molecule has 0 spiro atoms. The maximum atomic E-state index is 12.6. The van der Waals surface area contributed by atoms with E-state index in [1.54, 1.807) is 6.20 Å². The van der Waals surface area contributed by atoms with Crippen LogP contribution in [-0.2, 0) is 0 Å². The molecule has 0 saturated carbocycles. The van der Waals surface area contributed by atoms with Gasteiger partial charge in [-0.15, -0.1) is 0 Å². The second-order valence-electron chi connectivity index (χ2n) is 5.28. The zero-order chi connectivity index (χ0) is 14.4. The molecule has 0 radical (unpaired) electrons. The lowest BCUT2D eigenvalue weighted by Gasteiger charge is -2.30. The fraction of sp³-hybridized carbons (Fsp3) is 0.600. The fourth-order valence-electron chi connectivity index (χ4n) is 2.61. The Morgan fingerprint density at radius 2 is 2.25 bits per heavy atom. The summed E-state index contributed by atoms with van der Waals surface area (Å²) in [4.78, 5) is 18.8. The van der Waals surface area contributed by atoms with Gasteiger partial charge in [0.1, 0.15) is 5.69 Å². The highest BCUT2D eigenvalue weighted by Gasteiger charge is 2.23. The molecule has 0 aliphatic carbocycles. The Morgan fingerprint density at radius 1 is 1.50 bits per heavy atom. The largest absolute Gasteiger partial charge is 0.337 e. The number of pyridine rings is 1. The van der Waals surface area contributed by atoms with Crippen LogP contribution in [0.1, 0.15) is 36.7 Å². The number of hydrogen-bond acceptors (Lipinski definition) is 3. The van der Waals surface area contributed by atoms with E-state index in [0.29, 0.717) is 11.6 Å². The number of piperidine rings is 1. The van der Waals surface area contributed by atoms with Gasteiger partial charge in [0.15, 0.2) is 0 Å². The molecule has 2 rings (SSSR count). The van der Waals surface area contributed by atoms with Gasteiger partial charge in [0.25, 0.3) is 5.91 Å². The molecule has 0 aromatic carbocycles. The van der Waals surface area contributed by atoms with Crippen LogP contribution in [-0.4, -0.2) is 42.0 Å². The van der Waals surface area contributed by atoms with E-state index in [4.69, 9.17) is 0 Å². The molecular formula is C15H22BrN3O. The minimum atomic E-state index is 0.0397. The summed E-state index contributed by atoms with van der Waals surface area (Å²) in [5, 5.41) is 3.37. The van der Waals surface area contributed by atoms with Crippen LogP contribution in [0.2, 0.25) is 0 Å². The summed E-state index contributed by atoms with van der Waals surface area (Å²) < 4.78 is 0.774. The molecule has 5 heteroatoms. The van der Waals surface area contributed by atoms with Crippen LogP contribution in [0.4, 0.5) is 0 Å². The van der Waals surface area contributed by atoms with Crippen LogP contribution >= 0.6 is 15.9 Å². The van der Waals surface area contributed by atoms with Gasteiger partial charge in [-0.1, -0.05) is 6.92 Å². The van der Waals surface area contributed by atoms with Gasteiger partial charge in [0.2, 0.25) is 0 Å². The van der Waals surface area contributed by atoms with Crippen LogP contribution in [0.25, 0.3) is 0 Å². The van der Waals surface area contributed by atoms with E-state index in [9.17, 15) is 4.79 Å². The van der Waals surface area contributed by atoms with Gasteiger partial charge in [-0.05, 0) is 66.3 Å². The van der Waals surface area contributed by atoms with Crippen LogP contribution in [0.5, 0.6) is 0 Å². The Bertz CT molecular complexity index is 446. The molecule has 1 aliphatic rings. The van der Waals surface area contributed by atoms with Gasteiger partial charge in [-0.25, -0.2) is 4.98 Å². The first-order valence-electron chi connectivity index (χ1n) is 7.33. The normalized spacial score (nSPS) is 16.1. The second-order valence-corrected chi connectivity index (χ2v) is 6.13. The smallest absolute Gasteiger partial charge is 0.273 e. The Morgan fingerprint density at radius 3 is 2.90 bits per heavy atom. The zero-order valence-corrected chi connectivity index (χ0v) is 13.5. The molecule has 110 valence electrons. The van der Waals surface area contributed by atoms with Crippen molar-refractivity contribution in [1.29, 1.82) is 0 Å². The third kappa shape index (κ3) is 4.03. The standard InChI is InChI=1S/C15H22BrN3O/c1-2-10-19(11-12-5-8-17-9-6-12)15(20)14-13(16)4-3-7-18-14/h3-4,7,12,17H,2,5-6,8-11H2,1H3. The molecule has 1 aromatic heterocycles. The number of halogens is 1.